The molecule has 1 aromatic carbocycles. The number of carbonyl (C=O) groups excluding carboxylic acids is 3. The number of hydrogen-bond donors (Lipinski definition) is 7. The number of aliphatic carboxylic acids is 2. The first kappa shape index (κ1) is 29.9. The summed E-state index contributed by atoms with van der Waals surface area (Å²) >= 11 is 4.13. The van der Waals surface area contributed by atoms with Gasteiger partial charge < -0.3 is 31.9 Å². The third-order valence-electron chi connectivity index (χ3n) is 5.51. The van der Waals surface area contributed by atoms with E-state index in [-0.39, 0.29) is 24.5 Å². The molecule has 5 unspecified atom stereocenters. The molecule has 0 radical (unpaired) electrons. The summed E-state index contributed by atoms with van der Waals surface area (Å²) in [5.74, 6) is -5.05. The van der Waals surface area contributed by atoms with Gasteiger partial charge in [0.1, 0.15) is 18.1 Å². The molecular formula is C23H34N4O7S. The zero-order valence-corrected chi connectivity index (χ0v) is 20.7. The lowest BCUT2D eigenvalue weighted by Crippen LogP contribution is -2.59. The van der Waals surface area contributed by atoms with E-state index >= 15 is 0 Å². The highest BCUT2D eigenvalue weighted by Crippen LogP contribution is 2.10. The Morgan fingerprint density at radius 3 is 2.06 bits per heavy atom. The van der Waals surface area contributed by atoms with Crippen LogP contribution in [-0.2, 0) is 30.4 Å². The number of rotatable bonds is 15. The first-order valence-corrected chi connectivity index (χ1v) is 11.9. The van der Waals surface area contributed by atoms with Crippen molar-refractivity contribution in [1.82, 2.24) is 16.0 Å². The maximum Gasteiger partial charge on any atom is 0.326 e. The normalized spacial score (nSPS) is 15.1. The van der Waals surface area contributed by atoms with Crippen molar-refractivity contribution in [3.05, 3.63) is 35.9 Å². The van der Waals surface area contributed by atoms with E-state index in [1.165, 1.54) is 0 Å². The van der Waals surface area contributed by atoms with Gasteiger partial charge in [0.05, 0.1) is 6.04 Å². The summed E-state index contributed by atoms with van der Waals surface area (Å²) in [6, 6.07) is 4.58. The number of carboxylic acid groups (broad SMARTS) is 2. The predicted octanol–water partition coefficient (Wildman–Crippen LogP) is -0.0639. The average Bonchev–Trinajstić information content (AvgIpc) is 2.82. The molecule has 0 aliphatic rings. The fraction of sp³-hybridized carbons (Fsp3) is 0.522. The van der Waals surface area contributed by atoms with Gasteiger partial charge in [0.25, 0.3) is 0 Å². The van der Waals surface area contributed by atoms with Crippen LogP contribution in [0.5, 0.6) is 0 Å². The van der Waals surface area contributed by atoms with Crippen LogP contribution in [0.1, 0.15) is 38.7 Å². The van der Waals surface area contributed by atoms with E-state index in [0.717, 1.165) is 5.56 Å². The van der Waals surface area contributed by atoms with Crippen LogP contribution in [0.2, 0.25) is 0 Å². The Labute approximate surface area is 209 Å². The standard InChI is InChI=1S/C23H34N4O7S/c1-3-13(2)19(22(32)25-16(23(33)34)9-10-18(28)29)27-21(31)17(12-35)26-20(30)15(24)11-14-7-5-4-6-8-14/h4-8,13,15-17,19,35H,3,9-12,24H2,1-2H3,(H,25,32)(H,26,30)(H,27,31)(H,28,29)(H,33,34). The van der Waals surface area contributed by atoms with Crippen LogP contribution in [0, 0.1) is 5.92 Å². The highest BCUT2D eigenvalue weighted by Gasteiger charge is 2.32. The number of carbonyl (C=O) groups is 5. The first-order chi connectivity index (χ1) is 16.5. The van der Waals surface area contributed by atoms with Crippen LogP contribution in [0.3, 0.4) is 0 Å². The number of benzene rings is 1. The van der Waals surface area contributed by atoms with Crippen molar-refractivity contribution in [2.75, 3.05) is 5.75 Å². The Morgan fingerprint density at radius 1 is 0.943 bits per heavy atom. The smallest absolute Gasteiger partial charge is 0.326 e. The molecule has 194 valence electrons. The van der Waals surface area contributed by atoms with E-state index in [1.54, 1.807) is 13.8 Å². The number of hydrogen-bond acceptors (Lipinski definition) is 7. The minimum Gasteiger partial charge on any atom is -0.481 e. The molecule has 0 fully saturated rings. The van der Waals surface area contributed by atoms with E-state index in [0.29, 0.717) is 6.42 Å². The SMILES string of the molecule is CCC(C)C(NC(=O)C(CS)NC(=O)C(N)Cc1ccccc1)C(=O)NC(CCC(=O)O)C(=O)O. The molecule has 0 saturated heterocycles. The highest BCUT2D eigenvalue weighted by molar-refractivity contribution is 7.80. The molecule has 0 aliphatic carbocycles. The summed E-state index contributed by atoms with van der Waals surface area (Å²) < 4.78 is 0. The number of amides is 3. The lowest BCUT2D eigenvalue weighted by molar-refractivity contribution is -0.143. The van der Waals surface area contributed by atoms with E-state index in [4.69, 9.17) is 10.8 Å². The first-order valence-electron chi connectivity index (χ1n) is 11.3. The average molecular weight is 511 g/mol. The summed E-state index contributed by atoms with van der Waals surface area (Å²) in [6.07, 6.45) is -0.0235. The number of carboxylic acids is 2. The molecule has 11 nitrogen and oxygen atoms in total. The summed E-state index contributed by atoms with van der Waals surface area (Å²) in [4.78, 5) is 60.4. The summed E-state index contributed by atoms with van der Waals surface area (Å²) in [5.41, 5.74) is 6.83. The molecule has 35 heavy (non-hydrogen) atoms. The lowest BCUT2D eigenvalue weighted by Gasteiger charge is -2.27. The largest absolute Gasteiger partial charge is 0.481 e. The Kier molecular flexibility index (Phi) is 12.8. The van der Waals surface area contributed by atoms with Crippen LogP contribution in [-0.4, -0.2) is 69.8 Å². The molecule has 0 aliphatic heterocycles. The summed E-state index contributed by atoms with van der Waals surface area (Å²) in [6.45, 7) is 3.48. The van der Waals surface area contributed by atoms with Gasteiger partial charge in [-0.2, -0.15) is 12.6 Å². The van der Waals surface area contributed by atoms with Gasteiger partial charge in [0, 0.05) is 12.2 Å². The second kappa shape index (κ2) is 15.0. The van der Waals surface area contributed by atoms with Crippen LogP contribution < -0.4 is 21.7 Å². The zero-order valence-electron chi connectivity index (χ0n) is 19.8. The van der Waals surface area contributed by atoms with Gasteiger partial charge in [-0.3, -0.25) is 19.2 Å². The fourth-order valence-corrected chi connectivity index (χ4v) is 3.43. The van der Waals surface area contributed by atoms with Crippen molar-refractivity contribution < 1.29 is 34.2 Å². The molecule has 1 rings (SSSR count). The van der Waals surface area contributed by atoms with Crippen molar-refractivity contribution in [3.8, 4) is 0 Å². The Balaban J connectivity index is 2.85. The number of thiol groups is 1. The van der Waals surface area contributed by atoms with Crippen LogP contribution in [0.4, 0.5) is 0 Å². The minimum absolute atomic E-state index is 0.0686. The lowest BCUT2D eigenvalue weighted by atomic mass is 9.97. The van der Waals surface area contributed by atoms with Gasteiger partial charge in [-0.05, 0) is 24.3 Å². The number of nitrogens with one attached hydrogen (secondary N) is 3. The molecule has 3 amide bonds. The second-order valence-corrected chi connectivity index (χ2v) is 8.61. The zero-order chi connectivity index (χ0) is 26.5. The van der Waals surface area contributed by atoms with Gasteiger partial charge in [-0.1, -0.05) is 50.6 Å². The quantitative estimate of drug-likeness (QED) is 0.160. The van der Waals surface area contributed by atoms with Gasteiger partial charge in [0.15, 0.2) is 0 Å². The third kappa shape index (κ3) is 10.4. The van der Waals surface area contributed by atoms with Gasteiger partial charge in [-0.25, -0.2) is 4.79 Å². The molecule has 5 atom stereocenters. The van der Waals surface area contributed by atoms with E-state index < -0.39 is 60.2 Å². The molecule has 0 saturated carbocycles. The predicted molar refractivity (Wildman–Crippen MR) is 132 cm³/mol. The third-order valence-corrected chi connectivity index (χ3v) is 5.87. The minimum atomic E-state index is -1.43. The van der Waals surface area contributed by atoms with Crippen molar-refractivity contribution in [1.29, 1.82) is 0 Å². The van der Waals surface area contributed by atoms with Crippen molar-refractivity contribution in [3.63, 3.8) is 0 Å². The fourth-order valence-electron chi connectivity index (χ4n) is 3.18. The summed E-state index contributed by atoms with van der Waals surface area (Å²) in [5, 5.41) is 25.5. The Hall–Kier alpha value is -3.12. The molecule has 1 aromatic rings. The van der Waals surface area contributed by atoms with Crippen LogP contribution in [0.15, 0.2) is 30.3 Å². The molecule has 0 bridgehead atoms. The molecule has 0 aromatic heterocycles. The molecule has 12 heteroatoms. The number of nitrogens with two attached hydrogens (primary N) is 1. The van der Waals surface area contributed by atoms with Crippen molar-refractivity contribution >= 4 is 42.3 Å². The summed E-state index contributed by atoms with van der Waals surface area (Å²) in [7, 11) is 0. The van der Waals surface area contributed by atoms with Crippen molar-refractivity contribution in [2.45, 2.75) is 63.7 Å². The van der Waals surface area contributed by atoms with Crippen molar-refractivity contribution in [2.24, 2.45) is 11.7 Å². The Bertz CT molecular complexity index is 884. The highest BCUT2D eigenvalue weighted by atomic mass is 32.1. The van der Waals surface area contributed by atoms with E-state index in [1.807, 2.05) is 30.3 Å². The maximum atomic E-state index is 12.9. The maximum absolute atomic E-state index is 12.9. The van der Waals surface area contributed by atoms with Gasteiger partial charge >= 0.3 is 11.9 Å². The molecular weight excluding hydrogens is 476 g/mol. The molecule has 0 heterocycles. The second-order valence-electron chi connectivity index (χ2n) is 8.24. The van der Waals surface area contributed by atoms with Gasteiger partial charge in [0.2, 0.25) is 17.7 Å². The van der Waals surface area contributed by atoms with Crippen LogP contribution >= 0.6 is 12.6 Å². The molecule has 0 spiro atoms. The molecule has 7 N–H and O–H groups in total. The van der Waals surface area contributed by atoms with E-state index in [2.05, 4.69) is 28.6 Å². The van der Waals surface area contributed by atoms with E-state index in [9.17, 15) is 29.1 Å². The topological polar surface area (TPSA) is 188 Å². The van der Waals surface area contributed by atoms with Gasteiger partial charge in [-0.15, -0.1) is 0 Å². The van der Waals surface area contributed by atoms with Crippen LogP contribution in [0.25, 0.3) is 0 Å². The Morgan fingerprint density at radius 2 is 1.54 bits per heavy atom. The monoisotopic (exact) mass is 510 g/mol.